The van der Waals surface area contributed by atoms with Crippen molar-refractivity contribution in [3.63, 3.8) is 0 Å². The van der Waals surface area contributed by atoms with Gasteiger partial charge in [-0.3, -0.25) is 4.79 Å². The van der Waals surface area contributed by atoms with E-state index in [0.29, 0.717) is 30.2 Å². The molecule has 2 aromatic rings. The van der Waals surface area contributed by atoms with Crippen LogP contribution in [0.4, 0.5) is 4.39 Å². The molecule has 1 heterocycles. The fourth-order valence-electron chi connectivity index (χ4n) is 2.77. The van der Waals surface area contributed by atoms with Crippen LogP contribution in [0, 0.1) is 11.7 Å². The van der Waals surface area contributed by atoms with Crippen LogP contribution in [0.15, 0.2) is 42.5 Å². The summed E-state index contributed by atoms with van der Waals surface area (Å²) < 4.78 is 24.1. The number of halogens is 1. The van der Waals surface area contributed by atoms with Gasteiger partial charge in [-0.05, 0) is 41.8 Å². The third kappa shape index (κ3) is 3.74. The van der Waals surface area contributed by atoms with E-state index in [1.807, 2.05) is 6.07 Å². The standard InChI is InChI=1S/C19H20FNO3/c1-23-18-6-5-15(10-17(18)20)14-3-2-4-16(9-14)19(22)21-11-13-7-8-24-12-13/h2-6,9-10,13H,7-8,11-12H2,1H3,(H,21,22)/t13-/m0/s1. The smallest absolute Gasteiger partial charge is 0.251 e. The van der Waals surface area contributed by atoms with Gasteiger partial charge in [0.2, 0.25) is 0 Å². The molecule has 1 N–H and O–H groups in total. The summed E-state index contributed by atoms with van der Waals surface area (Å²) in [5.41, 5.74) is 2.04. The zero-order chi connectivity index (χ0) is 16.9. The van der Waals surface area contributed by atoms with E-state index in [0.717, 1.165) is 18.6 Å². The first-order chi connectivity index (χ1) is 11.7. The lowest BCUT2D eigenvalue weighted by Gasteiger charge is -2.11. The number of rotatable bonds is 5. The van der Waals surface area contributed by atoms with Gasteiger partial charge < -0.3 is 14.8 Å². The van der Waals surface area contributed by atoms with Crippen molar-refractivity contribution in [3.8, 4) is 16.9 Å². The highest BCUT2D eigenvalue weighted by atomic mass is 19.1. The number of ether oxygens (including phenoxy) is 2. The molecule has 24 heavy (non-hydrogen) atoms. The monoisotopic (exact) mass is 329 g/mol. The van der Waals surface area contributed by atoms with Crippen LogP contribution in [0.3, 0.4) is 0 Å². The number of methoxy groups -OCH3 is 1. The maximum atomic E-state index is 13.9. The van der Waals surface area contributed by atoms with Crippen LogP contribution in [-0.2, 0) is 4.74 Å². The highest BCUT2D eigenvalue weighted by Gasteiger charge is 2.17. The maximum Gasteiger partial charge on any atom is 0.251 e. The molecule has 0 aromatic heterocycles. The molecule has 1 amide bonds. The Labute approximate surface area is 140 Å². The second-order valence-electron chi connectivity index (χ2n) is 5.87. The topological polar surface area (TPSA) is 47.6 Å². The van der Waals surface area contributed by atoms with Crippen molar-refractivity contribution in [3.05, 3.63) is 53.8 Å². The first kappa shape index (κ1) is 16.5. The van der Waals surface area contributed by atoms with Gasteiger partial charge in [0.05, 0.1) is 13.7 Å². The van der Waals surface area contributed by atoms with Crippen LogP contribution < -0.4 is 10.1 Å². The number of carbonyl (C=O) groups excluding carboxylic acids is 1. The van der Waals surface area contributed by atoms with Gasteiger partial charge in [0.25, 0.3) is 5.91 Å². The Morgan fingerprint density at radius 3 is 2.83 bits per heavy atom. The molecule has 0 aliphatic carbocycles. The van der Waals surface area contributed by atoms with Gasteiger partial charge in [-0.2, -0.15) is 0 Å². The quantitative estimate of drug-likeness (QED) is 0.916. The summed E-state index contributed by atoms with van der Waals surface area (Å²) >= 11 is 0. The fraction of sp³-hybridized carbons (Fsp3) is 0.316. The van der Waals surface area contributed by atoms with Crippen molar-refractivity contribution in [1.82, 2.24) is 5.32 Å². The lowest BCUT2D eigenvalue weighted by Crippen LogP contribution is -2.29. The molecule has 1 atom stereocenters. The summed E-state index contributed by atoms with van der Waals surface area (Å²) in [5.74, 6) is 0.0306. The molecule has 0 saturated carbocycles. The Balaban J connectivity index is 1.73. The Bertz CT molecular complexity index is 726. The van der Waals surface area contributed by atoms with Crippen molar-refractivity contribution in [1.29, 1.82) is 0 Å². The number of hydrogen-bond acceptors (Lipinski definition) is 3. The van der Waals surface area contributed by atoms with Crippen LogP contribution in [0.5, 0.6) is 5.75 Å². The third-order valence-corrected chi connectivity index (χ3v) is 4.19. The average Bonchev–Trinajstić information content (AvgIpc) is 3.13. The molecule has 0 unspecified atom stereocenters. The first-order valence-corrected chi connectivity index (χ1v) is 7.97. The highest BCUT2D eigenvalue weighted by Crippen LogP contribution is 2.26. The van der Waals surface area contributed by atoms with Gasteiger partial charge in [-0.25, -0.2) is 4.39 Å². The minimum atomic E-state index is -0.425. The lowest BCUT2D eigenvalue weighted by atomic mass is 10.0. The van der Waals surface area contributed by atoms with E-state index < -0.39 is 5.82 Å². The molecular weight excluding hydrogens is 309 g/mol. The Morgan fingerprint density at radius 1 is 1.29 bits per heavy atom. The van der Waals surface area contributed by atoms with Crippen molar-refractivity contribution in [2.75, 3.05) is 26.9 Å². The van der Waals surface area contributed by atoms with Crippen molar-refractivity contribution in [2.45, 2.75) is 6.42 Å². The minimum absolute atomic E-state index is 0.127. The van der Waals surface area contributed by atoms with Crippen molar-refractivity contribution < 1.29 is 18.7 Å². The molecule has 1 fully saturated rings. The van der Waals surface area contributed by atoms with Crippen LogP contribution in [0.2, 0.25) is 0 Å². The molecule has 0 radical (unpaired) electrons. The van der Waals surface area contributed by atoms with Gasteiger partial charge in [0.1, 0.15) is 0 Å². The highest BCUT2D eigenvalue weighted by molar-refractivity contribution is 5.95. The molecule has 3 rings (SSSR count). The second-order valence-corrected chi connectivity index (χ2v) is 5.87. The summed E-state index contributed by atoms with van der Waals surface area (Å²) in [6.45, 7) is 2.07. The van der Waals surface area contributed by atoms with Gasteiger partial charge in [0.15, 0.2) is 11.6 Å². The van der Waals surface area contributed by atoms with E-state index in [9.17, 15) is 9.18 Å². The van der Waals surface area contributed by atoms with Crippen LogP contribution >= 0.6 is 0 Å². The number of benzene rings is 2. The van der Waals surface area contributed by atoms with Crippen LogP contribution in [0.25, 0.3) is 11.1 Å². The summed E-state index contributed by atoms with van der Waals surface area (Å²) in [6.07, 6.45) is 0.978. The molecular formula is C19H20FNO3. The molecule has 1 saturated heterocycles. The van der Waals surface area contributed by atoms with E-state index in [2.05, 4.69) is 5.32 Å². The molecule has 1 aliphatic heterocycles. The third-order valence-electron chi connectivity index (χ3n) is 4.19. The maximum absolute atomic E-state index is 13.9. The summed E-state index contributed by atoms with van der Waals surface area (Å²) in [4.78, 5) is 12.3. The molecule has 5 heteroatoms. The van der Waals surface area contributed by atoms with Gasteiger partial charge in [-0.1, -0.05) is 18.2 Å². The molecule has 0 spiro atoms. The molecule has 126 valence electrons. The summed E-state index contributed by atoms with van der Waals surface area (Å²) in [6, 6.07) is 11.9. The van der Waals surface area contributed by atoms with Crippen LogP contribution in [-0.4, -0.2) is 32.8 Å². The Morgan fingerprint density at radius 2 is 2.12 bits per heavy atom. The van der Waals surface area contributed by atoms with Crippen molar-refractivity contribution >= 4 is 5.91 Å². The predicted octanol–water partition coefficient (Wildman–Crippen LogP) is 3.27. The van der Waals surface area contributed by atoms with E-state index >= 15 is 0 Å². The fourth-order valence-corrected chi connectivity index (χ4v) is 2.77. The largest absolute Gasteiger partial charge is 0.494 e. The van der Waals surface area contributed by atoms with E-state index in [4.69, 9.17) is 9.47 Å². The number of carbonyl (C=O) groups is 1. The zero-order valence-corrected chi connectivity index (χ0v) is 13.5. The molecule has 4 nitrogen and oxygen atoms in total. The molecule has 1 aliphatic rings. The van der Waals surface area contributed by atoms with Gasteiger partial charge in [-0.15, -0.1) is 0 Å². The number of amides is 1. The van der Waals surface area contributed by atoms with Gasteiger partial charge >= 0.3 is 0 Å². The summed E-state index contributed by atoms with van der Waals surface area (Å²) in [7, 11) is 1.43. The number of hydrogen-bond donors (Lipinski definition) is 1. The lowest BCUT2D eigenvalue weighted by molar-refractivity contribution is 0.0945. The minimum Gasteiger partial charge on any atom is -0.494 e. The molecule has 0 bridgehead atoms. The SMILES string of the molecule is COc1ccc(-c2cccc(C(=O)NC[C@@H]3CCOC3)c2)cc1F. The van der Waals surface area contributed by atoms with E-state index in [1.165, 1.54) is 13.2 Å². The Hall–Kier alpha value is -2.40. The van der Waals surface area contributed by atoms with E-state index in [1.54, 1.807) is 30.3 Å². The number of nitrogens with one attached hydrogen (secondary N) is 1. The average molecular weight is 329 g/mol. The zero-order valence-electron chi connectivity index (χ0n) is 13.5. The predicted molar refractivity (Wildman–Crippen MR) is 89.6 cm³/mol. The normalized spacial score (nSPS) is 16.8. The Kier molecular flexibility index (Phi) is 5.11. The van der Waals surface area contributed by atoms with E-state index in [-0.39, 0.29) is 11.7 Å². The molecule has 2 aromatic carbocycles. The first-order valence-electron chi connectivity index (χ1n) is 7.97. The van der Waals surface area contributed by atoms with Crippen LogP contribution in [0.1, 0.15) is 16.8 Å². The van der Waals surface area contributed by atoms with Crippen molar-refractivity contribution in [2.24, 2.45) is 5.92 Å². The van der Waals surface area contributed by atoms with Gasteiger partial charge in [0, 0.05) is 24.6 Å². The second kappa shape index (κ2) is 7.45. The summed E-state index contributed by atoms with van der Waals surface area (Å²) in [5, 5.41) is 2.94.